The molecule has 12 heterocycles. The number of aromatic nitrogens is 11. The number of aliphatic imine (C=N–C) groups is 3. The molecule has 0 fully saturated rings. The number of benzene rings is 7. The van der Waals surface area contributed by atoms with E-state index < -0.39 is 5.37 Å². The van der Waals surface area contributed by atoms with Gasteiger partial charge in [-0.15, -0.1) is 10.2 Å². The van der Waals surface area contributed by atoms with Crippen LogP contribution in [0.15, 0.2) is 214 Å². The molecular weight excluding hydrogens is 1060 g/mol. The molecule has 1 atom stereocenters. The predicted octanol–water partition coefficient (Wildman–Crippen LogP) is 16.2. The third-order valence-corrected chi connectivity index (χ3v) is 17.8. The summed E-state index contributed by atoms with van der Waals surface area (Å²) < 4.78 is 9.27. The van der Waals surface area contributed by atoms with Crippen molar-refractivity contribution in [2.45, 2.75) is 5.37 Å². The van der Waals surface area contributed by atoms with Crippen molar-refractivity contribution in [3.8, 4) is 67.7 Å². The van der Waals surface area contributed by atoms with Gasteiger partial charge in [-0.25, -0.2) is 24.9 Å². The van der Waals surface area contributed by atoms with Gasteiger partial charge in [0.1, 0.15) is 33.6 Å². The van der Waals surface area contributed by atoms with E-state index in [1.807, 2.05) is 60.8 Å². The smallest absolute Gasteiger partial charge is 0.183 e. The van der Waals surface area contributed by atoms with Gasteiger partial charge >= 0.3 is 0 Å². The Bertz CT molecular complexity index is 5800. The van der Waals surface area contributed by atoms with E-state index in [4.69, 9.17) is 49.6 Å². The molecular formula is C68H38N14OS. The second kappa shape index (κ2) is 17.1. The Morgan fingerprint density at radius 3 is 2.12 bits per heavy atom. The molecule has 0 spiro atoms. The maximum atomic E-state index is 6.88. The van der Waals surface area contributed by atoms with Crippen molar-refractivity contribution in [1.82, 2.24) is 54.7 Å². The third kappa shape index (κ3) is 6.33. The first-order valence-corrected chi connectivity index (χ1v) is 28.4. The lowest BCUT2D eigenvalue weighted by molar-refractivity contribution is 0.669. The van der Waals surface area contributed by atoms with Crippen molar-refractivity contribution in [2.75, 3.05) is 0 Å². The third-order valence-electron chi connectivity index (χ3n) is 16.7. The van der Waals surface area contributed by atoms with Crippen molar-refractivity contribution < 1.29 is 4.42 Å². The maximum absolute atomic E-state index is 6.88. The Labute approximate surface area is 477 Å². The number of H-pyrrole nitrogens is 4. The Morgan fingerprint density at radius 2 is 1.25 bits per heavy atom. The molecule has 2 aliphatic heterocycles. The molecule has 7 aromatic carbocycles. The van der Waals surface area contributed by atoms with E-state index in [-0.39, 0.29) is 0 Å². The number of rotatable bonds is 7. The SMILES string of the molecule is C1=NC2=NC(c3c(-c4n[nH]c5ccccc45)c4c(-c5nccc6c5[nH]c5ccccc56)c(-c5cccc6c5[nH]c5ccccc56)c(-c5cc6ccccc6nn5)c(-c5cccc6oc7ccccc7c56)n4c3-c3nc4ncccc4[nH]3)SC2=N1. The number of fused-ring (bicyclic) bond motifs is 14. The molecule has 84 heavy (non-hydrogen) atoms. The largest absolute Gasteiger partial charge is 0.456 e. The van der Waals surface area contributed by atoms with Crippen LogP contribution in [0.25, 0.3) is 172 Å². The van der Waals surface area contributed by atoms with Crippen LogP contribution >= 0.6 is 11.8 Å². The summed E-state index contributed by atoms with van der Waals surface area (Å²) in [5.74, 6) is 1.12. The van der Waals surface area contributed by atoms with Crippen molar-refractivity contribution in [1.29, 1.82) is 0 Å². The molecule has 0 bridgehead atoms. The van der Waals surface area contributed by atoms with E-state index in [9.17, 15) is 0 Å². The number of amidine groups is 1. The lowest BCUT2D eigenvalue weighted by Crippen LogP contribution is -2.07. The zero-order valence-electron chi connectivity index (χ0n) is 43.9. The van der Waals surface area contributed by atoms with Gasteiger partial charge < -0.3 is 23.8 Å². The van der Waals surface area contributed by atoms with Crippen LogP contribution in [0.1, 0.15) is 10.9 Å². The number of furan rings is 1. The molecule has 15 nitrogen and oxygen atoms in total. The number of hydrogen-bond acceptors (Lipinski definition) is 11. The number of nitrogens with zero attached hydrogens (tertiary/aromatic N) is 10. The molecule has 1 unspecified atom stereocenters. The molecule has 19 rings (SSSR count). The van der Waals surface area contributed by atoms with Crippen LogP contribution in [-0.2, 0) is 0 Å². The van der Waals surface area contributed by atoms with E-state index in [0.29, 0.717) is 45.7 Å². The van der Waals surface area contributed by atoms with Gasteiger partial charge in [0.25, 0.3) is 0 Å². The lowest BCUT2D eigenvalue weighted by Gasteiger charge is -2.25. The molecule has 2 aliphatic rings. The Balaban J connectivity index is 1.16. The predicted molar refractivity (Wildman–Crippen MR) is 338 cm³/mol. The summed E-state index contributed by atoms with van der Waals surface area (Å²) in [4.78, 5) is 42.7. The summed E-state index contributed by atoms with van der Waals surface area (Å²) in [5.41, 5.74) is 18.3. The molecule has 392 valence electrons. The summed E-state index contributed by atoms with van der Waals surface area (Å²) in [5, 5.41) is 27.4. The first-order chi connectivity index (χ1) is 41.7. The topological polar surface area (TPSA) is 195 Å². The number of nitrogens with one attached hydrogen (secondary N) is 4. The quantitative estimate of drug-likeness (QED) is 0.121. The molecule has 16 heteroatoms. The van der Waals surface area contributed by atoms with Crippen LogP contribution in [0, 0.1) is 0 Å². The van der Waals surface area contributed by atoms with Gasteiger partial charge in [0.15, 0.2) is 17.3 Å². The highest BCUT2D eigenvalue weighted by Crippen LogP contribution is 2.59. The highest BCUT2D eigenvalue weighted by Gasteiger charge is 2.41. The van der Waals surface area contributed by atoms with Crippen LogP contribution in [0.5, 0.6) is 0 Å². The van der Waals surface area contributed by atoms with Crippen molar-refractivity contribution >= 4 is 133 Å². The molecule has 0 saturated heterocycles. The number of thioether (sulfide) groups is 1. The Morgan fingerprint density at radius 1 is 0.524 bits per heavy atom. The number of hydrogen-bond donors (Lipinski definition) is 4. The summed E-state index contributed by atoms with van der Waals surface area (Å²) in [6, 6.07) is 62.7. The zero-order chi connectivity index (χ0) is 54.7. The molecule has 4 N–H and O–H groups in total. The fourth-order valence-corrected chi connectivity index (χ4v) is 14.3. The summed E-state index contributed by atoms with van der Waals surface area (Å²) >= 11 is 1.55. The maximum Gasteiger partial charge on any atom is 0.183 e. The van der Waals surface area contributed by atoms with E-state index in [0.717, 1.165) is 142 Å². The van der Waals surface area contributed by atoms with E-state index in [1.54, 1.807) is 24.3 Å². The van der Waals surface area contributed by atoms with Gasteiger partial charge in [-0.2, -0.15) is 5.10 Å². The lowest BCUT2D eigenvalue weighted by atomic mass is 9.84. The molecule has 0 amide bonds. The normalized spacial score (nSPS) is 14.4. The Hall–Kier alpha value is -11.4. The zero-order valence-corrected chi connectivity index (χ0v) is 44.7. The van der Waals surface area contributed by atoms with Crippen LogP contribution in [0.2, 0.25) is 0 Å². The fraction of sp³-hybridized carbons (Fsp3) is 0.0147. The molecule has 17 aromatic rings. The van der Waals surface area contributed by atoms with Crippen LogP contribution in [0.4, 0.5) is 0 Å². The average molecular weight is 1100 g/mol. The second-order valence-corrected chi connectivity index (χ2v) is 22.3. The van der Waals surface area contributed by atoms with E-state index >= 15 is 0 Å². The molecule has 0 saturated carbocycles. The first-order valence-electron chi connectivity index (χ1n) is 27.5. The number of para-hydroxylation sites is 5. The highest BCUT2D eigenvalue weighted by atomic mass is 32.2. The minimum Gasteiger partial charge on any atom is -0.456 e. The monoisotopic (exact) mass is 1100 g/mol. The van der Waals surface area contributed by atoms with Crippen molar-refractivity contribution in [3.05, 3.63) is 200 Å². The number of imidazole rings is 1. The highest BCUT2D eigenvalue weighted by molar-refractivity contribution is 8.16. The minimum atomic E-state index is -0.620. The standard InChI is InChI=1S/C68H38N14OS/c1-6-22-43-34(14-1)32-48(80-78-43)53-52(41-20-11-19-37-35-15-2-7-23-44(35)73-57(37)41)54(60-59-38(29-31-69-60)36-16-3-8-24-45(36)74-59)62-55(58-39-17-4-9-25-46(39)79-81-58)56(67-77-66-68(84-67)72-33-71-66)63(65-75-47-26-13-30-70-64(47)76-65)82(62)61(53)42-21-12-28-50-51(42)40-18-5-10-27-49(40)83-50/h1-33,67,73-74H,(H,79,81)(H,70,75,76). The van der Waals surface area contributed by atoms with Crippen LogP contribution in [-0.4, -0.2) is 71.9 Å². The summed E-state index contributed by atoms with van der Waals surface area (Å²) in [7, 11) is 0. The molecule has 0 aliphatic carbocycles. The average Bonchev–Trinajstić information content (AvgIpc) is 1.78. The van der Waals surface area contributed by atoms with Gasteiger partial charge in [0, 0.05) is 105 Å². The summed E-state index contributed by atoms with van der Waals surface area (Å²) in [6.07, 6.45) is 5.28. The van der Waals surface area contributed by atoms with Crippen molar-refractivity contribution in [3.63, 3.8) is 0 Å². The minimum absolute atomic E-state index is 0.549. The van der Waals surface area contributed by atoms with Crippen molar-refractivity contribution in [2.24, 2.45) is 15.0 Å². The van der Waals surface area contributed by atoms with Gasteiger partial charge in [0.2, 0.25) is 0 Å². The van der Waals surface area contributed by atoms with Crippen LogP contribution in [0.3, 0.4) is 0 Å². The Kier molecular flexibility index (Phi) is 9.23. The fourth-order valence-electron chi connectivity index (χ4n) is 13.3. The summed E-state index contributed by atoms with van der Waals surface area (Å²) in [6.45, 7) is 0. The molecule has 0 radical (unpaired) electrons. The first kappa shape index (κ1) is 45.4. The number of pyridine rings is 3. The van der Waals surface area contributed by atoms with Gasteiger partial charge in [-0.05, 0) is 60.7 Å². The van der Waals surface area contributed by atoms with Crippen LogP contribution < -0.4 is 0 Å². The second-order valence-electron chi connectivity index (χ2n) is 21.2. The number of aromatic amines is 4. The van der Waals surface area contributed by atoms with Gasteiger partial charge in [-0.3, -0.25) is 10.1 Å². The molecule has 10 aromatic heterocycles. The van der Waals surface area contributed by atoms with E-state index in [2.05, 4.69) is 152 Å². The van der Waals surface area contributed by atoms with E-state index in [1.165, 1.54) is 0 Å². The van der Waals surface area contributed by atoms with Gasteiger partial charge in [-0.1, -0.05) is 133 Å². The van der Waals surface area contributed by atoms with Gasteiger partial charge in [0.05, 0.1) is 55.9 Å².